The van der Waals surface area contributed by atoms with E-state index < -0.39 is 17.8 Å². The Morgan fingerprint density at radius 3 is 2.00 bits per heavy atom. The van der Waals surface area contributed by atoms with Crippen LogP contribution in [0.15, 0.2) is 72.8 Å². The van der Waals surface area contributed by atoms with Crippen LogP contribution in [0.2, 0.25) is 0 Å². The van der Waals surface area contributed by atoms with E-state index in [1.807, 2.05) is 0 Å². The number of methoxy groups -OCH3 is 3. The number of carbonyl (C=O) groups excluding carboxylic acids is 1. The first-order valence-corrected chi connectivity index (χ1v) is 10.7. The molecule has 0 atom stereocenters. The molecule has 36 heavy (non-hydrogen) atoms. The van der Waals surface area contributed by atoms with Crippen molar-refractivity contribution in [3.63, 3.8) is 0 Å². The van der Waals surface area contributed by atoms with Crippen LogP contribution in [0.1, 0.15) is 16.1 Å². The summed E-state index contributed by atoms with van der Waals surface area (Å²) in [4.78, 5) is 12.9. The quantitative estimate of drug-likeness (QED) is 0.348. The Morgan fingerprint density at radius 1 is 0.861 bits per heavy atom. The van der Waals surface area contributed by atoms with Crippen molar-refractivity contribution in [1.29, 1.82) is 0 Å². The largest absolute Gasteiger partial charge is 0.493 e. The van der Waals surface area contributed by atoms with Crippen molar-refractivity contribution in [2.24, 2.45) is 0 Å². The minimum absolute atomic E-state index is 0.266. The Kier molecular flexibility index (Phi) is 6.86. The second-order valence-electron chi connectivity index (χ2n) is 7.61. The Labute approximate surface area is 205 Å². The Bertz CT molecular complexity index is 1340. The first-order chi connectivity index (χ1) is 17.2. The molecular formula is C26H22F3N3O4. The van der Waals surface area contributed by atoms with E-state index >= 15 is 0 Å². The van der Waals surface area contributed by atoms with Gasteiger partial charge in [-0.2, -0.15) is 18.3 Å². The van der Waals surface area contributed by atoms with Crippen LogP contribution in [-0.2, 0) is 6.18 Å². The van der Waals surface area contributed by atoms with E-state index in [9.17, 15) is 18.0 Å². The number of benzene rings is 3. The number of carbonyl (C=O) groups is 1. The minimum atomic E-state index is -4.59. The molecule has 0 radical (unpaired) electrons. The van der Waals surface area contributed by atoms with Gasteiger partial charge in [0.2, 0.25) is 5.75 Å². The van der Waals surface area contributed by atoms with Gasteiger partial charge in [0.1, 0.15) is 0 Å². The van der Waals surface area contributed by atoms with Crippen LogP contribution in [-0.4, -0.2) is 37.0 Å². The first-order valence-electron chi connectivity index (χ1n) is 10.7. The van der Waals surface area contributed by atoms with Gasteiger partial charge in [-0.15, -0.1) is 0 Å². The van der Waals surface area contributed by atoms with Gasteiger partial charge < -0.3 is 19.5 Å². The van der Waals surface area contributed by atoms with Crippen LogP contribution < -0.4 is 19.5 Å². The normalized spacial score (nSPS) is 11.2. The van der Waals surface area contributed by atoms with Gasteiger partial charge in [0.15, 0.2) is 17.2 Å². The van der Waals surface area contributed by atoms with Crippen LogP contribution in [0.3, 0.4) is 0 Å². The molecule has 0 aliphatic carbocycles. The van der Waals surface area contributed by atoms with Gasteiger partial charge in [-0.05, 0) is 42.5 Å². The molecule has 10 heteroatoms. The molecule has 0 saturated carbocycles. The average Bonchev–Trinajstić information content (AvgIpc) is 3.35. The van der Waals surface area contributed by atoms with Crippen LogP contribution in [0.25, 0.3) is 16.9 Å². The summed E-state index contributed by atoms with van der Waals surface area (Å²) in [5.41, 5.74) is 0.970. The molecule has 7 nitrogen and oxygen atoms in total. The predicted octanol–water partition coefficient (Wildman–Crippen LogP) is 5.84. The van der Waals surface area contributed by atoms with E-state index in [2.05, 4.69) is 10.4 Å². The summed E-state index contributed by atoms with van der Waals surface area (Å²) in [6.07, 6.45) is -4.59. The number of aromatic nitrogens is 2. The number of halogens is 3. The summed E-state index contributed by atoms with van der Waals surface area (Å²) >= 11 is 0. The highest BCUT2D eigenvalue weighted by molar-refractivity contribution is 6.05. The Hall–Kier alpha value is -4.47. The summed E-state index contributed by atoms with van der Waals surface area (Å²) in [6, 6.07) is 19.0. The minimum Gasteiger partial charge on any atom is -0.493 e. The summed E-state index contributed by atoms with van der Waals surface area (Å²) in [5.74, 6) is 0.563. The fourth-order valence-electron chi connectivity index (χ4n) is 3.63. The zero-order chi connectivity index (χ0) is 25.9. The lowest BCUT2D eigenvalue weighted by Gasteiger charge is -2.14. The van der Waals surface area contributed by atoms with E-state index in [-0.39, 0.29) is 11.3 Å². The molecule has 3 aromatic carbocycles. The lowest BCUT2D eigenvalue weighted by Crippen LogP contribution is -2.13. The van der Waals surface area contributed by atoms with Crippen LogP contribution in [0, 0.1) is 0 Å². The maximum atomic E-state index is 13.4. The number of nitrogens with one attached hydrogen (secondary N) is 1. The molecule has 0 spiro atoms. The van der Waals surface area contributed by atoms with E-state index in [4.69, 9.17) is 14.2 Å². The van der Waals surface area contributed by atoms with Crippen LogP contribution in [0.4, 0.5) is 18.9 Å². The fourth-order valence-corrected chi connectivity index (χ4v) is 3.63. The van der Waals surface area contributed by atoms with Crippen molar-refractivity contribution in [3.05, 3.63) is 84.1 Å². The molecule has 4 rings (SSSR count). The highest BCUT2D eigenvalue weighted by atomic mass is 19.4. The van der Waals surface area contributed by atoms with Gasteiger partial charge in [0, 0.05) is 16.8 Å². The maximum absolute atomic E-state index is 13.4. The van der Waals surface area contributed by atoms with Crippen molar-refractivity contribution in [2.75, 3.05) is 26.6 Å². The number of amides is 1. The second-order valence-corrected chi connectivity index (χ2v) is 7.61. The highest BCUT2D eigenvalue weighted by Crippen LogP contribution is 2.38. The van der Waals surface area contributed by atoms with Crippen molar-refractivity contribution in [2.45, 2.75) is 6.18 Å². The molecule has 0 saturated heterocycles. The summed E-state index contributed by atoms with van der Waals surface area (Å²) in [6.45, 7) is 0. The summed E-state index contributed by atoms with van der Waals surface area (Å²) in [7, 11) is 4.35. The number of hydrogen-bond acceptors (Lipinski definition) is 5. The molecular weight excluding hydrogens is 475 g/mol. The third-order valence-electron chi connectivity index (χ3n) is 5.37. The Morgan fingerprint density at radius 2 is 1.47 bits per heavy atom. The zero-order valence-electron chi connectivity index (χ0n) is 19.6. The first kappa shape index (κ1) is 24.6. The predicted molar refractivity (Wildman–Crippen MR) is 128 cm³/mol. The lowest BCUT2D eigenvalue weighted by molar-refractivity contribution is -0.141. The number of hydrogen-bond donors (Lipinski definition) is 1. The zero-order valence-corrected chi connectivity index (χ0v) is 19.6. The van der Waals surface area contributed by atoms with Crippen molar-refractivity contribution in [1.82, 2.24) is 9.78 Å². The molecule has 0 aliphatic rings. The number of anilines is 1. The molecule has 0 aliphatic heterocycles. The number of rotatable bonds is 7. The molecule has 186 valence electrons. The molecule has 1 N–H and O–H groups in total. The standard InChI is InChI=1S/C26H22F3N3O4/c1-34-21-13-17(14-22(35-2)24(21)36-3)25(33)30-18-9-11-19(12-10-18)32-20(16-7-5-4-6-8-16)15-23(31-32)26(27,28)29/h4-15H,1-3H3,(H,30,33). The monoisotopic (exact) mass is 497 g/mol. The number of nitrogens with zero attached hydrogens (tertiary/aromatic N) is 2. The van der Waals surface area contributed by atoms with E-state index in [0.717, 1.165) is 6.07 Å². The molecule has 0 bridgehead atoms. The van der Waals surface area contributed by atoms with E-state index in [1.54, 1.807) is 54.6 Å². The van der Waals surface area contributed by atoms with Gasteiger partial charge in [0.05, 0.1) is 32.7 Å². The van der Waals surface area contributed by atoms with Gasteiger partial charge in [0.25, 0.3) is 5.91 Å². The van der Waals surface area contributed by atoms with Gasteiger partial charge >= 0.3 is 6.18 Å². The smallest absolute Gasteiger partial charge is 0.435 e. The van der Waals surface area contributed by atoms with Crippen LogP contribution >= 0.6 is 0 Å². The van der Waals surface area contributed by atoms with Crippen LogP contribution in [0.5, 0.6) is 17.2 Å². The summed E-state index contributed by atoms with van der Waals surface area (Å²) < 4.78 is 57.2. The highest BCUT2D eigenvalue weighted by Gasteiger charge is 2.35. The lowest BCUT2D eigenvalue weighted by atomic mass is 10.1. The SMILES string of the molecule is COc1cc(C(=O)Nc2ccc(-n3nc(C(F)(F)F)cc3-c3ccccc3)cc2)cc(OC)c1OC. The average molecular weight is 497 g/mol. The topological polar surface area (TPSA) is 74.6 Å². The van der Waals surface area contributed by atoms with Crippen molar-refractivity contribution < 1.29 is 32.2 Å². The molecule has 1 amide bonds. The number of ether oxygens (including phenoxy) is 3. The molecule has 1 aromatic heterocycles. The van der Waals surface area contributed by atoms with Crippen molar-refractivity contribution in [3.8, 4) is 34.2 Å². The van der Waals surface area contributed by atoms with E-state index in [1.165, 1.54) is 38.1 Å². The fraction of sp³-hybridized carbons (Fsp3) is 0.154. The number of alkyl halides is 3. The maximum Gasteiger partial charge on any atom is 0.435 e. The summed E-state index contributed by atoms with van der Waals surface area (Å²) in [5, 5.41) is 6.54. The third-order valence-corrected chi connectivity index (χ3v) is 5.37. The van der Waals surface area contributed by atoms with Crippen molar-refractivity contribution >= 4 is 11.6 Å². The van der Waals surface area contributed by atoms with Gasteiger partial charge in [-0.3, -0.25) is 4.79 Å². The van der Waals surface area contributed by atoms with E-state index in [0.29, 0.717) is 34.2 Å². The Balaban J connectivity index is 1.63. The van der Waals surface area contributed by atoms with Gasteiger partial charge in [-0.25, -0.2) is 4.68 Å². The molecule has 0 unspecified atom stereocenters. The third kappa shape index (κ3) is 4.97. The second kappa shape index (κ2) is 10.0. The van der Waals surface area contributed by atoms with Gasteiger partial charge in [-0.1, -0.05) is 30.3 Å². The molecule has 1 heterocycles. The molecule has 0 fully saturated rings. The molecule has 4 aromatic rings.